The Kier molecular flexibility index (Phi) is 2.15. The molecule has 0 amide bonds. The second-order valence-corrected chi connectivity index (χ2v) is 4.38. The van der Waals surface area contributed by atoms with E-state index in [9.17, 15) is 0 Å². The van der Waals surface area contributed by atoms with E-state index >= 15 is 0 Å². The predicted octanol–water partition coefficient (Wildman–Crippen LogP) is 3.92. The number of halogens is 1. The third-order valence-corrected chi connectivity index (χ3v) is 3.42. The van der Waals surface area contributed by atoms with Gasteiger partial charge in [0.15, 0.2) is 0 Å². The zero-order chi connectivity index (χ0) is 11.1. The predicted molar refractivity (Wildman–Crippen MR) is 66.2 cm³/mol. The van der Waals surface area contributed by atoms with Gasteiger partial charge in [-0.15, -0.1) is 0 Å². The third kappa shape index (κ3) is 1.32. The van der Waals surface area contributed by atoms with Crippen LogP contribution in [0.3, 0.4) is 0 Å². The van der Waals surface area contributed by atoms with E-state index in [1.54, 1.807) is 7.11 Å². The van der Waals surface area contributed by atoms with E-state index in [0.29, 0.717) is 0 Å². The standard InChI is InChI=1S/C14H11ClO/c1-16-10-7-12-11-5-3-2-4-9(11)6-13(12)14(15)8-10/h2-5,7-8H,6H2,1H3. The van der Waals surface area contributed by atoms with Crippen molar-refractivity contribution < 1.29 is 4.74 Å². The number of hydrogen-bond donors (Lipinski definition) is 0. The SMILES string of the molecule is COc1cc(Cl)c2c(c1)-c1ccccc1C2. The van der Waals surface area contributed by atoms with Crippen LogP contribution in [0.5, 0.6) is 5.75 Å². The van der Waals surface area contributed by atoms with E-state index in [2.05, 4.69) is 30.3 Å². The van der Waals surface area contributed by atoms with Crippen LogP contribution in [0.1, 0.15) is 11.1 Å². The molecule has 2 heteroatoms. The van der Waals surface area contributed by atoms with Gasteiger partial charge in [-0.3, -0.25) is 0 Å². The molecule has 80 valence electrons. The highest BCUT2D eigenvalue weighted by Crippen LogP contribution is 2.42. The molecule has 16 heavy (non-hydrogen) atoms. The van der Waals surface area contributed by atoms with Crippen molar-refractivity contribution in [1.29, 1.82) is 0 Å². The molecule has 1 aliphatic carbocycles. The second kappa shape index (κ2) is 3.53. The van der Waals surface area contributed by atoms with E-state index in [1.807, 2.05) is 6.07 Å². The summed E-state index contributed by atoms with van der Waals surface area (Å²) in [4.78, 5) is 0. The van der Waals surface area contributed by atoms with Gasteiger partial charge in [-0.2, -0.15) is 0 Å². The van der Waals surface area contributed by atoms with Crippen molar-refractivity contribution in [3.8, 4) is 16.9 Å². The molecule has 0 unspecified atom stereocenters. The fourth-order valence-electron chi connectivity index (χ4n) is 2.28. The molecule has 0 spiro atoms. The molecule has 0 aliphatic heterocycles. The van der Waals surface area contributed by atoms with Crippen LogP contribution < -0.4 is 4.74 Å². The number of ether oxygens (including phenoxy) is 1. The van der Waals surface area contributed by atoms with Crippen molar-refractivity contribution in [1.82, 2.24) is 0 Å². The first-order chi connectivity index (χ1) is 7.79. The first-order valence-corrected chi connectivity index (χ1v) is 5.62. The van der Waals surface area contributed by atoms with Crippen molar-refractivity contribution in [2.24, 2.45) is 0 Å². The van der Waals surface area contributed by atoms with Gasteiger partial charge in [-0.1, -0.05) is 35.9 Å². The van der Waals surface area contributed by atoms with Crippen molar-refractivity contribution in [3.05, 3.63) is 52.5 Å². The van der Waals surface area contributed by atoms with E-state index < -0.39 is 0 Å². The van der Waals surface area contributed by atoms with Crippen molar-refractivity contribution in [2.75, 3.05) is 7.11 Å². The number of benzene rings is 2. The summed E-state index contributed by atoms with van der Waals surface area (Å²) in [5.41, 5.74) is 5.04. The van der Waals surface area contributed by atoms with E-state index in [1.165, 1.54) is 22.3 Å². The lowest BCUT2D eigenvalue weighted by Crippen LogP contribution is -1.87. The molecule has 0 saturated carbocycles. The Morgan fingerprint density at radius 3 is 2.75 bits per heavy atom. The zero-order valence-corrected chi connectivity index (χ0v) is 9.71. The summed E-state index contributed by atoms with van der Waals surface area (Å²) >= 11 is 6.26. The van der Waals surface area contributed by atoms with Gasteiger partial charge in [0.25, 0.3) is 0 Å². The molecule has 0 N–H and O–H groups in total. The van der Waals surface area contributed by atoms with Gasteiger partial charge in [-0.25, -0.2) is 0 Å². The molecule has 0 atom stereocenters. The van der Waals surface area contributed by atoms with Gasteiger partial charge in [0, 0.05) is 11.4 Å². The summed E-state index contributed by atoms with van der Waals surface area (Å²) in [7, 11) is 1.67. The van der Waals surface area contributed by atoms with Crippen LogP contribution in [0.15, 0.2) is 36.4 Å². The molecule has 0 bridgehead atoms. The van der Waals surface area contributed by atoms with Crippen LogP contribution in [0.2, 0.25) is 5.02 Å². The fourth-order valence-corrected chi connectivity index (χ4v) is 2.55. The van der Waals surface area contributed by atoms with Crippen molar-refractivity contribution >= 4 is 11.6 Å². The smallest absolute Gasteiger partial charge is 0.120 e. The molecule has 3 rings (SSSR count). The van der Waals surface area contributed by atoms with Crippen LogP contribution in [0.4, 0.5) is 0 Å². The minimum Gasteiger partial charge on any atom is -0.497 e. The maximum Gasteiger partial charge on any atom is 0.120 e. The maximum atomic E-state index is 6.26. The van der Waals surface area contributed by atoms with Gasteiger partial charge < -0.3 is 4.74 Å². The zero-order valence-electron chi connectivity index (χ0n) is 8.96. The van der Waals surface area contributed by atoms with E-state index in [4.69, 9.17) is 16.3 Å². The van der Waals surface area contributed by atoms with Crippen molar-refractivity contribution in [3.63, 3.8) is 0 Å². The molecule has 0 aromatic heterocycles. The quantitative estimate of drug-likeness (QED) is 0.616. The fraction of sp³-hybridized carbons (Fsp3) is 0.143. The Bertz CT molecular complexity index is 561. The summed E-state index contributed by atoms with van der Waals surface area (Å²) in [5, 5.41) is 0.797. The van der Waals surface area contributed by atoms with Crippen LogP contribution in [-0.4, -0.2) is 7.11 Å². The molecule has 0 radical (unpaired) electrons. The minimum atomic E-state index is 0.797. The van der Waals surface area contributed by atoms with Crippen LogP contribution in [-0.2, 0) is 6.42 Å². The van der Waals surface area contributed by atoms with Gasteiger partial charge >= 0.3 is 0 Å². The highest BCUT2D eigenvalue weighted by molar-refractivity contribution is 6.32. The minimum absolute atomic E-state index is 0.797. The Balaban J connectivity index is 2.27. The largest absolute Gasteiger partial charge is 0.497 e. The Hall–Kier alpha value is -1.47. The number of hydrogen-bond acceptors (Lipinski definition) is 1. The summed E-state index contributed by atoms with van der Waals surface area (Å²) in [6.07, 6.45) is 0.925. The van der Waals surface area contributed by atoms with Crippen LogP contribution in [0, 0.1) is 0 Å². The lowest BCUT2D eigenvalue weighted by atomic mass is 10.1. The average molecular weight is 231 g/mol. The number of rotatable bonds is 1. The molecular weight excluding hydrogens is 220 g/mol. The van der Waals surface area contributed by atoms with E-state index in [0.717, 1.165) is 17.2 Å². The first kappa shape index (κ1) is 9.73. The molecule has 2 aromatic rings. The Morgan fingerprint density at radius 1 is 1.12 bits per heavy atom. The Labute approximate surface area is 99.6 Å². The lowest BCUT2D eigenvalue weighted by Gasteiger charge is -2.06. The monoisotopic (exact) mass is 230 g/mol. The highest BCUT2D eigenvalue weighted by atomic mass is 35.5. The number of methoxy groups -OCH3 is 1. The molecule has 1 nitrogen and oxygen atoms in total. The molecular formula is C14H11ClO. The van der Waals surface area contributed by atoms with Gasteiger partial charge in [0.1, 0.15) is 5.75 Å². The summed E-state index contributed by atoms with van der Waals surface area (Å²) in [5.74, 6) is 0.820. The summed E-state index contributed by atoms with van der Waals surface area (Å²) in [6.45, 7) is 0. The molecule has 0 saturated heterocycles. The molecule has 1 aliphatic rings. The lowest BCUT2D eigenvalue weighted by molar-refractivity contribution is 0.415. The first-order valence-electron chi connectivity index (χ1n) is 5.24. The maximum absolute atomic E-state index is 6.26. The topological polar surface area (TPSA) is 9.23 Å². The number of fused-ring (bicyclic) bond motifs is 3. The van der Waals surface area contributed by atoms with Crippen molar-refractivity contribution in [2.45, 2.75) is 6.42 Å². The van der Waals surface area contributed by atoms with Crippen LogP contribution >= 0.6 is 11.6 Å². The summed E-state index contributed by atoms with van der Waals surface area (Å²) in [6, 6.07) is 12.4. The normalized spacial score (nSPS) is 12.1. The van der Waals surface area contributed by atoms with Gasteiger partial charge in [-0.05, 0) is 34.4 Å². The van der Waals surface area contributed by atoms with Gasteiger partial charge in [0.2, 0.25) is 0 Å². The second-order valence-electron chi connectivity index (χ2n) is 3.97. The highest BCUT2D eigenvalue weighted by Gasteiger charge is 2.21. The van der Waals surface area contributed by atoms with Crippen LogP contribution in [0.25, 0.3) is 11.1 Å². The summed E-state index contributed by atoms with van der Waals surface area (Å²) < 4.78 is 5.25. The molecule has 0 fully saturated rings. The van der Waals surface area contributed by atoms with Gasteiger partial charge in [0.05, 0.1) is 7.11 Å². The average Bonchev–Trinajstić information content (AvgIpc) is 2.68. The third-order valence-electron chi connectivity index (χ3n) is 3.08. The van der Waals surface area contributed by atoms with E-state index in [-0.39, 0.29) is 0 Å². The molecule has 0 heterocycles. The molecule has 2 aromatic carbocycles. The Morgan fingerprint density at radius 2 is 1.94 bits per heavy atom.